The summed E-state index contributed by atoms with van der Waals surface area (Å²) in [5.41, 5.74) is 2.21. The fraction of sp³-hybridized carbons (Fsp3) is 0.100. The highest BCUT2D eigenvalue weighted by Gasteiger charge is 2.22. The smallest absolute Gasteiger partial charge is 0.258 e. The van der Waals surface area contributed by atoms with Crippen molar-refractivity contribution in [1.82, 2.24) is 9.55 Å². The number of para-hydroxylation sites is 1. The Labute approximate surface area is 176 Å². The molecule has 28 heavy (non-hydrogen) atoms. The van der Waals surface area contributed by atoms with Crippen LogP contribution in [0.5, 0.6) is 0 Å². The fourth-order valence-electron chi connectivity index (χ4n) is 3.14. The number of halogens is 2. The Morgan fingerprint density at radius 3 is 2.61 bits per heavy atom. The molecule has 0 saturated carbocycles. The Bertz CT molecular complexity index is 1150. The quantitative estimate of drug-likeness (QED) is 0.391. The second-order valence-electron chi connectivity index (χ2n) is 6.19. The van der Waals surface area contributed by atoms with Gasteiger partial charge in [0.25, 0.3) is 5.91 Å². The van der Waals surface area contributed by atoms with Gasteiger partial charge in [0.1, 0.15) is 11.1 Å². The Hall–Kier alpha value is -2.41. The van der Waals surface area contributed by atoms with Gasteiger partial charge >= 0.3 is 0 Å². The summed E-state index contributed by atoms with van der Waals surface area (Å²) in [6.45, 7) is 1.87. The van der Waals surface area contributed by atoms with Crippen molar-refractivity contribution in [1.29, 1.82) is 0 Å². The van der Waals surface area contributed by atoms with Crippen LogP contribution in [0.2, 0.25) is 10.0 Å². The highest BCUT2D eigenvalue weighted by Crippen LogP contribution is 2.38. The molecule has 1 atom stereocenters. The molecule has 4 rings (SSSR count). The van der Waals surface area contributed by atoms with Crippen molar-refractivity contribution in [3.05, 3.63) is 82.1 Å². The largest absolute Gasteiger partial charge is 0.459 e. The zero-order valence-electron chi connectivity index (χ0n) is 14.7. The summed E-state index contributed by atoms with van der Waals surface area (Å²) in [7, 11) is 0. The maximum Gasteiger partial charge on any atom is 0.258 e. The van der Waals surface area contributed by atoms with E-state index in [0.717, 1.165) is 10.9 Å². The van der Waals surface area contributed by atoms with Gasteiger partial charge in [0.15, 0.2) is 5.58 Å². The molecule has 5 nitrogen and oxygen atoms in total. The van der Waals surface area contributed by atoms with Gasteiger partial charge in [-0.1, -0.05) is 41.4 Å². The van der Waals surface area contributed by atoms with Crippen LogP contribution < -0.4 is 5.32 Å². The van der Waals surface area contributed by atoms with Crippen LogP contribution in [0.3, 0.4) is 0 Å². The lowest BCUT2D eigenvalue weighted by Gasteiger charge is -2.12. The Morgan fingerprint density at radius 1 is 1.21 bits per heavy atom. The number of thiol groups is 1. The Balaban J connectivity index is 1.75. The van der Waals surface area contributed by atoms with Crippen LogP contribution in [-0.4, -0.2) is 15.5 Å². The minimum atomic E-state index is -0.407. The molecular weight excluding hydrogens is 417 g/mol. The molecule has 1 amide bonds. The molecule has 4 aromatic rings. The number of hydrogen-bond acceptors (Lipinski definition) is 4. The van der Waals surface area contributed by atoms with E-state index in [1.165, 1.54) is 0 Å². The van der Waals surface area contributed by atoms with Crippen LogP contribution in [-0.2, 0) is 0 Å². The molecule has 0 spiro atoms. The molecule has 0 aliphatic carbocycles. The fourth-order valence-corrected chi connectivity index (χ4v) is 4.17. The minimum absolute atomic E-state index is 0.219. The summed E-state index contributed by atoms with van der Waals surface area (Å²) < 4.78 is 7.85. The monoisotopic (exact) mass is 431 g/mol. The summed E-state index contributed by atoms with van der Waals surface area (Å²) >= 11 is 17.0. The van der Waals surface area contributed by atoms with Crippen LogP contribution in [0.4, 0.5) is 5.69 Å². The number of carbonyl (C=O) groups is 1. The number of aryl methyl sites for hydroxylation is 1. The number of nitrogens with one attached hydrogen (secondary N) is 1. The number of rotatable bonds is 4. The van der Waals surface area contributed by atoms with Crippen LogP contribution in [0.25, 0.3) is 11.0 Å². The molecule has 0 aliphatic heterocycles. The van der Waals surface area contributed by atoms with Gasteiger partial charge in [0.05, 0.1) is 27.6 Å². The van der Waals surface area contributed by atoms with E-state index in [2.05, 4.69) is 10.3 Å². The molecule has 8 heteroatoms. The Morgan fingerprint density at radius 2 is 1.93 bits per heavy atom. The van der Waals surface area contributed by atoms with E-state index in [0.29, 0.717) is 17.0 Å². The lowest BCUT2D eigenvalue weighted by atomic mass is 10.1. The number of aromatic nitrogens is 2. The van der Waals surface area contributed by atoms with Gasteiger partial charge in [0, 0.05) is 23.3 Å². The molecule has 1 unspecified atom stereocenters. The van der Waals surface area contributed by atoms with E-state index in [4.69, 9.17) is 40.2 Å². The molecular formula is C20H15Cl2N3O2S. The van der Waals surface area contributed by atoms with Crippen molar-refractivity contribution in [3.8, 4) is 0 Å². The van der Waals surface area contributed by atoms with Crippen LogP contribution in [0.1, 0.15) is 27.1 Å². The zero-order valence-corrected chi connectivity index (χ0v) is 17.1. The molecule has 0 radical (unpaired) electrons. The average Bonchev–Trinajstić information content (AvgIpc) is 3.29. The number of furan rings is 1. The van der Waals surface area contributed by atoms with Crippen LogP contribution in [0, 0.1) is 6.92 Å². The van der Waals surface area contributed by atoms with Crippen molar-refractivity contribution in [2.24, 2.45) is 0 Å². The first-order chi connectivity index (χ1) is 13.5. The van der Waals surface area contributed by atoms with E-state index in [1.807, 2.05) is 29.8 Å². The number of nitrogens with zero attached hydrogens (tertiary/aromatic N) is 2. The molecule has 2 aromatic carbocycles. The molecule has 142 valence electrons. The molecule has 0 aliphatic rings. The second-order valence-corrected chi connectivity index (χ2v) is 7.49. The third kappa shape index (κ3) is 3.28. The maximum absolute atomic E-state index is 12.8. The Kier molecular flexibility index (Phi) is 5.10. The lowest BCUT2D eigenvalue weighted by Crippen LogP contribution is -2.13. The summed E-state index contributed by atoms with van der Waals surface area (Å²) in [6.07, 6.45) is 5.22. The number of benzene rings is 2. The van der Waals surface area contributed by atoms with Gasteiger partial charge in [-0.05, 0) is 25.1 Å². The van der Waals surface area contributed by atoms with Crippen molar-refractivity contribution in [2.75, 3.05) is 5.32 Å². The van der Waals surface area contributed by atoms with E-state index in [1.54, 1.807) is 36.8 Å². The SMILES string of the molecule is Cc1oc2c(NC(=O)c3c(Cl)cccc3Cl)cccc2c1C(S)n1ccnc1. The van der Waals surface area contributed by atoms with E-state index in [9.17, 15) is 4.79 Å². The van der Waals surface area contributed by atoms with Crippen molar-refractivity contribution < 1.29 is 9.21 Å². The number of carbonyl (C=O) groups excluding carboxylic acids is 1. The number of anilines is 1. The van der Waals surface area contributed by atoms with Crippen molar-refractivity contribution in [3.63, 3.8) is 0 Å². The third-order valence-corrected chi connectivity index (χ3v) is 5.60. The molecule has 0 saturated heterocycles. The summed E-state index contributed by atoms with van der Waals surface area (Å²) in [4.78, 5) is 16.8. The average molecular weight is 432 g/mol. The van der Waals surface area contributed by atoms with Crippen molar-refractivity contribution in [2.45, 2.75) is 12.3 Å². The van der Waals surface area contributed by atoms with Crippen LogP contribution in [0.15, 0.2) is 59.5 Å². The topological polar surface area (TPSA) is 60.1 Å². The molecule has 0 bridgehead atoms. The highest BCUT2D eigenvalue weighted by molar-refractivity contribution is 7.80. The standard InChI is InChI=1S/C20H15Cl2N3O2S/c1-11-16(20(28)25-9-8-23-10-25)12-4-2-7-15(18(12)27-11)24-19(26)17-13(21)5-3-6-14(17)22/h2-10,20,28H,1H3,(H,24,26). The predicted molar refractivity (Wildman–Crippen MR) is 115 cm³/mol. The number of imidazole rings is 1. The zero-order chi connectivity index (χ0) is 19.8. The number of hydrogen-bond donors (Lipinski definition) is 2. The van der Waals surface area contributed by atoms with E-state index in [-0.39, 0.29) is 21.0 Å². The molecule has 2 heterocycles. The normalized spacial score (nSPS) is 12.3. The van der Waals surface area contributed by atoms with Crippen LogP contribution >= 0.6 is 35.8 Å². The van der Waals surface area contributed by atoms with E-state index >= 15 is 0 Å². The highest BCUT2D eigenvalue weighted by atomic mass is 35.5. The van der Waals surface area contributed by atoms with Gasteiger partial charge < -0.3 is 14.3 Å². The first kappa shape index (κ1) is 18.9. The first-order valence-corrected chi connectivity index (χ1v) is 9.67. The summed E-state index contributed by atoms with van der Waals surface area (Å²) in [5, 5.41) is 4.00. The first-order valence-electron chi connectivity index (χ1n) is 8.40. The van der Waals surface area contributed by atoms with Gasteiger partial charge in [-0.25, -0.2) is 4.98 Å². The maximum atomic E-state index is 12.8. The second kappa shape index (κ2) is 7.54. The minimum Gasteiger partial charge on any atom is -0.459 e. The molecule has 2 aromatic heterocycles. The molecule has 1 N–H and O–H groups in total. The third-order valence-electron chi connectivity index (χ3n) is 4.44. The van der Waals surface area contributed by atoms with Gasteiger partial charge in [-0.3, -0.25) is 4.79 Å². The van der Waals surface area contributed by atoms with Gasteiger partial charge in [-0.2, -0.15) is 0 Å². The summed E-state index contributed by atoms with van der Waals surface area (Å²) in [6, 6.07) is 10.5. The predicted octanol–water partition coefficient (Wildman–Crippen LogP) is 5.97. The van der Waals surface area contributed by atoms with E-state index < -0.39 is 5.91 Å². The lowest BCUT2D eigenvalue weighted by molar-refractivity contribution is 0.102. The number of fused-ring (bicyclic) bond motifs is 1. The van der Waals surface area contributed by atoms with Gasteiger partial charge in [0.2, 0.25) is 0 Å². The molecule has 0 fully saturated rings. The van der Waals surface area contributed by atoms with Crippen molar-refractivity contribution >= 4 is 58.4 Å². The van der Waals surface area contributed by atoms with Gasteiger partial charge in [-0.15, -0.1) is 12.6 Å². The summed E-state index contributed by atoms with van der Waals surface area (Å²) in [5.74, 6) is 0.303. The number of amides is 1.